The second-order valence-corrected chi connectivity index (χ2v) is 9.89. The molecule has 32 heavy (non-hydrogen) atoms. The molecule has 1 aliphatic rings. The third-order valence-electron chi connectivity index (χ3n) is 5.39. The Morgan fingerprint density at radius 2 is 2.16 bits per heavy atom. The van der Waals surface area contributed by atoms with Gasteiger partial charge in [-0.05, 0) is 68.0 Å². The van der Waals surface area contributed by atoms with Crippen molar-refractivity contribution in [2.75, 3.05) is 25.4 Å². The summed E-state index contributed by atoms with van der Waals surface area (Å²) in [5, 5.41) is 7.20. The van der Waals surface area contributed by atoms with Crippen molar-refractivity contribution in [2.45, 2.75) is 31.6 Å². The summed E-state index contributed by atoms with van der Waals surface area (Å²) in [6.45, 7) is 2.93. The summed E-state index contributed by atoms with van der Waals surface area (Å²) in [6, 6.07) is 11.7. The van der Waals surface area contributed by atoms with Crippen LogP contribution in [0.2, 0.25) is 0 Å². The molecule has 1 N–H and O–H groups in total. The lowest BCUT2D eigenvalue weighted by Crippen LogP contribution is -2.43. The van der Waals surface area contributed by atoms with Crippen LogP contribution in [0.15, 0.2) is 56.1 Å². The summed E-state index contributed by atoms with van der Waals surface area (Å²) in [4.78, 5) is 19.4. The molecule has 2 aromatic heterocycles. The van der Waals surface area contributed by atoms with Crippen molar-refractivity contribution >= 4 is 33.6 Å². The zero-order chi connectivity index (χ0) is 22.2. The van der Waals surface area contributed by atoms with E-state index in [4.69, 9.17) is 8.94 Å². The van der Waals surface area contributed by atoms with Crippen LogP contribution in [0.5, 0.6) is 0 Å². The maximum atomic E-state index is 12.6. The van der Waals surface area contributed by atoms with Crippen LogP contribution in [-0.4, -0.2) is 46.3 Å². The maximum absolute atomic E-state index is 12.6. The Balaban J connectivity index is 1.18. The number of likely N-dealkylation sites (tertiary alicyclic amines) is 1. The summed E-state index contributed by atoms with van der Waals surface area (Å²) >= 11 is 5.25. The number of amides is 1. The first-order chi connectivity index (χ1) is 15.7. The number of halogens is 1. The van der Waals surface area contributed by atoms with Gasteiger partial charge in [0, 0.05) is 23.1 Å². The molecule has 3 aromatic rings. The first-order valence-electron chi connectivity index (χ1n) is 10.9. The highest BCUT2D eigenvalue weighted by Gasteiger charge is 2.26. The topological polar surface area (TPSA) is 84.4 Å². The number of hydrogen-bond donors (Lipinski definition) is 1. The average molecular weight is 519 g/mol. The highest BCUT2D eigenvalue weighted by atomic mass is 79.9. The van der Waals surface area contributed by atoms with E-state index >= 15 is 0 Å². The quantitative estimate of drug-likeness (QED) is 0.387. The smallest absolute Gasteiger partial charge is 0.241 e. The van der Waals surface area contributed by atoms with Gasteiger partial charge >= 0.3 is 0 Å². The normalized spacial score (nSPS) is 16.8. The van der Waals surface area contributed by atoms with E-state index in [9.17, 15) is 4.79 Å². The first kappa shape index (κ1) is 23.1. The number of carbonyl (C=O) groups is 1. The van der Waals surface area contributed by atoms with Crippen molar-refractivity contribution in [1.82, 2.24) is 20.4 Å². The number of thioether (sulfide) groups is 1. The van der Waals surface area contributed by atoms with Crippen molar-refractivity contribution in [3.63, 3.8) is 0 Å². The number of benzene rings is 1. The van der Waals surface area contributed by atoms with Gasteiger partial charge in [0.05, 0.1) is 24.5 Å². The number of nitrogens with one attached hydrogen (secondary N) is 1. The van der Waals surface area contributed by atoms with Crippen molar-refractivity contribution in [2.24, 2.45) is 5.92 Å². The first-order valence-corrected chi connectivity index (χ1v) is 12.8. The summed E-state index contributed by atoms with van der Waals surface area (Å²) in [7, 11) is 0. The molecule has 0 radical (unpaired) electrons. The van der Waals surface area contributed by atoms with Crippen LogP contribution in [0, 0.1) is 5.92 Å². The lowest BCUT2D eigenvalue weighted by atomic mass is 9.97. The summed E-state index contributed by atoms with van der Waals surface area (Å²) in [5.41, 5.74) is 0.918. The lowest BCUT2D eigenvalue weighted by molar-refractivity contribution is -0.126. The Kier molecular flexibility index (Phi) is 8.42. The Labute approximate surface area is 200 Å². The fraction of sp³-hybridized carbons (Fsp3) is 0.435. The minimum absolute atomic E-state index is 0.00777. The van der Waals surface area contributed by atoms with Gasteiger partial charge in [0.25, 0.3) is 0 Å². The van der Waals surface area contributed by atoms with Crippen molar-refractivity contribution in [3.8, 4) is 11.4 Å². The van der Waals surface area contributed by atoms with E-state index in [1.165, 1.54) is 0 Å². The molecule has 1 amide bonds. The Hall–Kier alpha value is -2.10. The molecule has 0 bridgehead atoms. The molecule has 1 atom stereocenters. The van der Waals surface area contributed by atoms with Crippen molar-refractivity contribution in [3.05, 3.63) is 58.8 Å². The zero-order valence-electron chi connectivity index (χ0n) is 17.8. The lowest BCUT2D eigenvalue weighted by Gasteiger charge is -2.30. The van der Waals surface area contributed by atoms with E-state index in [0.29, 0.717) is 24.8 Å². The predicted octanol–water partition coefficient (Wildman–Crippen LogP) is 4.74. The standard InChI is InChI=1S/C23H27BrN4O3S/c24-19-8-6-17(7-9-19)22-26-21(31-27-22)15-28-11-1-4-18(14-28)23(29)25-10-3-13-32-16-20-5-2-12-30-20/h2,5-9,12,18H,1,3-4,10-11,13-16H2,(H,25,29). The third-order valence-corrected chi connectivity index (χ3v) is 6.99. The van der Waals surface area contributed by atoms with Gasteiger partial charge in [0.2, 0.25) is 17.6 Å². The molecule has 1 saturated heterocycles. The van der Waals surface area contributed by atoms with Gasteiger partial charge in [-0.1, -0.05) is 21.1 Å². The molecule has 7 nitrogen and oxygen atoms in total. The number of hydrogen-bond acceptors (Lipinski definition) is 7. The molecule has 0 aliphatic carbocycles. The van der Waals surface area contributed by atoms with Crippen molar-refractivity contribution in [1.29, 1.82) is 0 Å². The largest absolute Gasteiger partial charge is 0.468 e. The van der Waals surface area contributed by atoms with E-state index in [-0.39, 0.29) is 11.8 Å². The molecule has 170 valence electrons. The molecule has 1 unspecified atom stereocenters. The molecule has 1 aromatic carbocycles. The van der Waals surface area contributed by atoms with E-state index < -0.39 is 0 Å². The number of carbonyl (C=O) groups excluding carboxylic acids is 1. The van der Waals surface area contributed by atoms with Gasteiger partial charge in [0.15, 0.2) is 0 Å². The Morgan fingerprint density at radius 1 is 1.28 bits per heavy atom. The number of furan rings is 1. The number of nitrogens with zero attached hydrogens (tertiary/aromatic N) is 3. The summed E-state index contributed by atoms with van der Waals surface area (Å²) in [6.07, 6.45) is 4.56. The fourth-order valence-electron chi connectivity index (χ4n) is 3.74. The van der Waals surface area contributed by atoms with Gasteiger partial charge < -0.3 is 14.3 Å². The number of piperidine rings is 1. The van der Waals surface area contributed by atoms with Gasteiger partial charge in [-0.3, -0.25) is 9.69 Å². The van der Waals surface area contributed by atoms with Crippen molar-refractivity contribution < 1.29 is 13.7 Å². The summed E-state index contributed by atoms with van der Waals surface area (Å²) in [5.74, 6) is 4.18. The number of rotatable bonds is 10. The monoisotopic (exact) mass is 518 g/mol. The fourth-order valence-corrected chi connectivity index (χ4v) is 4.86. The van der Waals surface area contributed by atoms with E-state index in [2.05, 4.69) is 36.3 Å². The minimum atomic E-state index is 0.00777. The van der Waals surface area contributed by atoms with Crippen LogP contribution >= 0.6 is 27.7 Å². The highest BCUT2D eigenvalue weighted by Crippen LogP contribution is 2.22. The predicted molar refractivity (Wildman–Crippen MR) is 128 cm³/mol. The molecule has 0 spiro atoms. The van der Waals surface area contributed by atoms with Gasteiger partial charge in [0.1, 0.15) is 5.76 Å². The van der Waals surface area contributed by atoms with Crippen LogP contribution in [-0.2, 0) is 17.1 Å². The second-order valence-electron chi connectivity index (χ2n) is 7.87. The molecule has 1 fully saturated rings. The highest BCUT2D eigenvalue weighted by molar-refractivity contribution is 9.10. The van der Waals surface area contributed by atoms with Crippen LogP contribution < -0.4 is 5.32 Å². The van der Waals surface area contributed by atoms with E-state index in [1.807, 2.05) is 48.2 Å². The Morgan fingerprint density at radius 3 is 2.97 bits per heavy atom. The average Bonchev–Trinajstić information content (AvgIpc) is 3.49. The Bertz CT molecular complexity index is 978. The van der Waals surface area contributed by atoms with Crippen LogP contribution in [0.3, 0.4) is 0 Å². The van der Waals surface area contributed by atoms with Crippen LogP contribution in [0.1, 0.15) is 30.9 Å². The second kappa shape index (κ2) is 11.7. The molecule has 0 saturated carbocycles. The SMILES string of the molecule is O=C(NCCCSCc1ccco1)C1CCCN(Cc2nc(-c3ccc(Br)cc3)no2)C1. The van der Waals surface area contributed by atoms with Crippen LogP contribution in [0.4, 0.5) is 0 Å². The molecule has 1 aliphatic heterocycles. The molecule has 3 heterocycles. The van der Waals surface area contributed by atoms with E-state index in [0.717, 1.165) is 59.7 Å². The zero-order valence-corrected chi connectivity index (χ0v) is 20.2. The molecular weight excluding hydrogens is 492 g/mol. The van der Waals surface area contributed by atoms with Gasteiger partial charge in [-0.25, -0.2) is 0 Å². The molecular formula is C23H27BrN4O3S. The molecule has 4 rings (SSSR count). The minimum Gasteiger partial charge on any atom is -0.468 e. The van der Waals surface area contributed by atoms with Gasteiger partial charge in [-0.2, -0.15) is 16.7 Å². The maximum Gasteiger partial charge on any atom is 0.241 e. The molecule has 9 heteroatoms. The van der Waals surface area contributed by atoms with Crippen LogP contribution in [0.25, 0.3) is 11.4 Å². The third kappa shape index (κ3) is 6.70. The van der Waals surface area contributed by atoms with E-state index in [1.54, 1.807) is 6.26 Å². The number of aromatic nitrogens is 2. The van der Waals surface area contributed by atoms with Gasteiger partial charge in [-0.15, -0.1) is 0 Å². The summed E-state index contributed by atoms with van der Waals surface area (Å²) < 4.78 is 11.8.